The Bertz CT molecular complexity index is 671. The summed E-state index contributed by atoms with van der Waals surface area (Å²) in [7, 11) is 0. The van der Waals surface area contributed by atoms with E-state index < -0.39 is 24.1 Å². The lowest BCUT2D eigenvalue weighted by Crippen LogP contribution is -2.38. The number of ether oxygens (including phenoxy) is 3. The third-order valence-corrected chi connectivity index (χ3v) is 4.43. The first kappa shape index (κ1) is 19.6. The Morgan fingerprint density at radius 3 is 2.54 bits per heavy atom. The summed E-state index contributed by atoms with van der Waals surface area (Å²) in [5.41, 5.74) is 1.75. The van der Waals surface area contributed by atoms with Gasteiger partial charge in [0.1, 0.15) is 12.6 Å². The Morgan fingerprint density at radius 2 is 1.92 bits per heavy atom. The molecule has 0 fully saturated rings. The first-order chi connectivity index (χ1) is 12.5. The van der Waals surface area contributed by atoms with Gasteiger partial charge >= 0.3 is 11.9 Å². The van der Waals surface area contributed by atoms with Crippen LogP contribution in [0.3, 0.4) is 0 Å². The van der Waals surface area contributed by atoms with Gasteiger partial charge in [0, 0.05) is 25.3 Å². The molecule has 0 radical (unpaired) electrons. The molecule has 140 valence electrons. The van der Waals surface area contributed by atoms with E-state index >= 15 is 0 Å². The molecular formula is C19H22O7. The van der Waals surface area contributed by atoms with Crippen molar-refractivity contribution in [2.45, 2.75) is 45.8 Å². The fraction of sp³-hybridized carbons (Fsp3) is 0.474. The third-order valence-electron chi connectivity index (χ3n) is 4.43. The van der Waals surface area contributed by atoms with Crippen molar-refractivity contribution in [3.05, 3.63) is 35.3 Å². The van der Waals surface area contributed by atoms with Crippen molar-refractivity contribution in [3.63, 3.8) is 0 Å². The van der Waals surface area contributed by atoms with E-state index in [0.717, 1.165) is 6.29 Å². The molecule has 1 aliphatic carbocycles. The van der Waals surface area contributed by atoms with Gasteiger partial charge in [-0.05, 0) is 36.8 Å². The molecule has 0 unspecified atom stereocenters. The Balaban J connectivity index is 2.48. The summed E-state index contributed by atoms with van der Waals surface area (Å²) in [6.45, 7) is 2.56. The average Bonchev–Trinajstić information content (AvgIpc) is 2.68. The minimum Gasteiger partial charge on any atom is -0.461 e. The molecular weight excluding hydrogens is 340 g/mol. The van der Waals surface area contributed by atoms with Crippen LogP contribution in [0.5, 0.6) is 0 Å². The summed E-state index contributed by atoms with van der Waals surface area (Å²) in [5.74, 6) is -1.86. The largest absolute Gasteiger partial charge is 0.461 e. The summed E-state index contributed by atoms with van der Waals surface area (Å²) in [6.07, 6.45) is 7.13. The maximum absolute atomic E-state index is 11.5. The van der Waals surface area contributed by atoms with Crippen LogP contribution in [0.1, 0.15) is 39.5 Å². The number of aldehydes is 2. The second-order valence-corrected chi connectivity index (χ2v) is 6.27. The molecule has 0 aromatic heterocycles. The van der Waals surface area contributed by atoms with Crippen molar-refractivity contribution in [1.82, 2.24) is 0 Å². The molecule has 0 aromatic rings. The number of allylic oxidation sites excluding steroid dienone is 3. The lowest BCUT2D eigenvalue weighted by atomic mass is 9.77. The number of fused-ring (bicyclic) bond motifs is 1. The number of carbonyl (C=O) groups excluding carboxylic acids is 4. The van der Waals surface area contributed by atoms with Crippen LogP contribution >= 0.6 is 0 Å². The number of esters is 2. The molecule has 0 spiro atoms. The summed E-state index contributed by atoms with van der Waals surface area (Å²) < 4.78 is 15.8. The molecule has 0 bridgehead atoms. The molecule has 26 heavy (non-hydrogen) atoms. The van der Waals surface area contributed by atoms with Gasteiger partial charge in [-0.15, -0.1) is 0 Å². The molecule has 0 saturated heterocycles. The van der Waals surface area contributed by atoms with Gasteiger partial charge in [-0.1, -0.05) is 6.08 Å². The van der Waals surface area contributed by atoms with E-state index in [2.05, 4.69) is 0 Å². The van der Waals surface area contributed by atoms with Crippen molar-refractivity contribution >= 4 is 24.5 Å². The highest BCUT2D eigenvalue weighted by Gasteiger charge is 2.41. The Hall–Kier alpha value is -2.70. The fourth-order valence-corrected chi connectivity index (χ4v) is 3.26. The maximum atomic E-state index is 11.5. The predicted molar refractivity (Wildman–Crippen MR) is 90.2 cm³/mol. The van der Waals surface area contributed by atoms with Crippen molar-refractivity contribution in [2.24, 2.45) is 11.8 Å². The van der Waals surface area contributed by atoms with Gasteiger partial charge in [0.05, 0.1) is 18.4 Å². The quantitative estimate of drug-likeness (QED) is 0.430. The SMILES string of the molecule is CC(=O)O/C=C1\CCC/C(C=O)=C/C[C@@H]2C(C=O)=CO[C@H](OC(C)=O)[C@@H]12. The maximum Gasteiger partial charge on any atom is 0.307 e. The van der Waals surface area contributed by atoms with Crippen molar-refractivity contribution < 1.29 is 33.4 Å². The lowest BCUT2D eigenvalue weighted by Gasteiger charge is -2.36. The van der Waals surface area contributed by atoms with Gasteiger partial charge in [0.25, 0.3) is 6.29 Å². The van der Waals surface area contributed by atoms with E-state index in [-0.39, 0.29) is 5.92 Å². The topological polar surface area (TPSA) is 96.0 Å². The van der Waals surface area contributed by atoms with Crippen molar-refractivity contribution in [1.29, 1.82) is 0 Å². The summed E-state index contributed by atoms with van der Waals surface area (Å²) >= 11 is 0. The molecule has 1 aliphatic heterocycles. The number of rotatable bonds is 4. The summed E-state index contributed by atoms with van der Waals surface area (Å²) in [4.78, 5) is 45.4. The lowest BCUT2D eigenvalue weighted by molar-refractivity contribution is -0.180. The molecule has 7 nitrogen and oxygen atoms in total. The van der Waals surface area contributed by atoms with Gasteiger partial charge in [0.2, 0.25) is 0 Å². The zero-order valence-corrected chi connectivity index (χ0v) is 14.8. The number of carbonyl (C=O) groups is 4. The van der Waals surface area contributed by atoms with Crippen LogP contribution in [-0.4, -0.2) is 30.8 Å². The second-order valence-electron chi connectivity index (χ2n) is 6.27. The van der Waals surface area contributed by atoms with Gasteiger partial charge in [-0.25, -0.2) is 0 Å². The average molecular weight is 362 g/mol. The number of hydrogen-bond acceptors (Lipinski definition) is 7. The third kappa shape index (κ3) is 4.91. The molecule has 0 amide bonds. The van der Waals surface area contributed by atoms with E-state index in [1.807, 2.05) is 0 Å². The first-order valence-corrected chi connectivity index (χ1v) is 8.44. The monoisotopic (exact) mass is 362 g/mol. The van der Waals surface area contributed by atoms with Crippen LogP contribution in [0.2, 0.25) is 0 Å². The molecule has 1 heterocycles. The Kier molecular flexibility index (Phi) is 6.89. The highest BCUT2D eigenvalue weighted by atomic mass is 16.7. The predicted octanol–water partition coefficient (Wildman–Crippen LogP) is 2.37. The minimum absolute atomic E-state index is 0.361. The molecule has 0 N–H and O–H groups in total. The standard InChI is InChI=1S/C19H22O7/c1-12(22)24-10-15-5-3-4-14(8-20)6-7-17-16(9-21)11-25-19(18(15)17)26-13(2)23/h6,8-11,17-19H,3-5,7H2,1-2H3/b14-6-,15-10+/t17-,18+,19-/m1/s1. The van der Waals surface area contributed by atoms with Crippen LogP contribution in [0.25, 0.3) is 0 Å². The van der Waals surface area contributed by atoms with Gasteiger partial charge < -0.3 is 14.2 Å². The van der Waals surface area contributed by atoms with Crippen LogP contribution < -0.4 is 0 Å². The van der Waals surface area contributed by atoms with Crippen LogP contribution in [-0.2, 0) is 33.4 Å². The Morgan fingerprint density at radius 1 is 1.15 bits per heavy atom. The van der Waals surface area contributed by atoms with E-state index in [1.165, 1.54) is 26.4 Å². The second kappa shape index (κ2) is 9.12. The summed E-state index contributed by atoms with van der Waals surface area (Å²) in [5, 5.41) is 0. The molecule has 7 heteroatoms. The van der Waals surface area contributed by atoms with E-state index in [4.69, 9.17) is 14.2 Å². The highest BCUT2D eigenvalue weighted by molar-refractivity contribution is 5.75. The molecule has 0 aromatic carbocycles. The van der Waals surface area contributed by atoms with Crippen molar-refractivity contribution in [2.75, 3.05) is 0 Å². The minimum atomic E-state index is -0.936. The van der Waals surface area contributed by atoms with Gasteiger partial charge in [-0.2, -0.15) is 0 Å². The normalized spacial score (nSPS) is 29.3. The Labute approximate surface area is 151 Å². The fourth-order valence-electron chi connectivity index (χ4n) is 3.26. The smallest absolute Gasteiger partial charge is 0.307 e. The highest BCUT2D eigenvalue weighted by Crippen LogP contribution is 2.41. The zero-order chi connectivity index (χ0) is 19.1. The van der Waals surface area contributed by atoms with Crippen LogP contribution in [0, 0.1) is 11.8 Å². The zero-order valence-electron chi connectivity index (χ0n) is 14.8. The molecule has 3 atom stereocenters. The van der Waals surface area contributed by atoms with Crippen molar-refractivity contribution in [3.8, 4) is 0 Å². The number of hydrogen-bond donors (Lipinski definition) is 0. The summed E-state index contributed by atoms with van der Waals surface area (Å²) in [6, 6.07) is 0. The van der Waals surface area contributed by atoms with Gasteiger partial charge in [-0.3, -0.25) is 19.2 Å². The van der Waals surface area contributed by atoms with E-state index in [0.29, 0.717) is 48.7 Å². The molecule has 2 rings (SSSR count). The van der Waals surface area contributed by atoms with Crippen LogP contribution in [0.15, 0.2) is 35.3 Å². The first-order valence-electron chi connectivity index (χ1n) is 8.44. The molecule has 2 aliphatic rings. The van der Waals surface area contributed by atoms with E-state index in [9.17, 15) is 19.2 Å². The van der Waals surface area contributed by atoms with Crippen LogP contribution in [0.4, 0.5) is 0 Å². The molecule has 0 saturated carbocycles. The van der Waals surface area contributed by atoms with E-state index in [1.54, 1.807) is 6.08 Å². The van der Waals surface area contributed by atoms with Gasteiger partial charge in [0.15, 0.2) is 0 Å².